The SMILES string of the molecule is CCOC(=O)c1ccc(NC(=O)CSc2ccc(NC(=O)/C=C(/C)C(=O)O)cc2)cc1. The van der Waals surface area contributed by atoms with Gasteiger partial charge in [0.15, 0.2) is 0 Å². The number of amides is 2. The van der Waals surface area contributed by atoms with Gasteiger partial charge in [-0.25, -0.2) is 9.59 Å². The summed E-state index contributed by atoms with van der Waals surface area (Å²) in [7, 11) is 0. The highest BCUT2D eigenvalue weighted by Crippen LogP contribution is 2.21. The van der Waals surface area contributed by atoms with Gasteiger partial charge in [0.1, 0.15) is 0 Å². The predicted molar refractivity (Wildman–Crippen MR) is 118 cm³/mol. The molecule has 0 spiro atoms. The van der Waals surface area contributed by atoms with Crippen molar-refractivity contribution >= 4 is 46.9 Å². The molecule has 0 unspecified atom stereocenters. The molecule has 0 aliphatic rings. The van der Waals surface area contributed by atoms with Crippen molar-refractivity contribution in [3.8, 4) is 0 Å². The monoisotopic (exact) mass is 442 g/mol. The maximum atomic E-state index is 12.1. The molecule has 3 N–H and O–H groups in total. The Balaban J connectivity index is 1.83. The Kier molecular flexibility index (Phi) is 8.83. The van der Waals surface area contributed by atoms with Crippen LogP contribution in [0.15, 0.2) is 65.1 Å². The van der Waals surface area contributed by atoms with E-state index in [1.54, 1.807) is 55.5 Å². The molecule has 0 bridgehead atoms. The van der Waals surface area contributed by atoms with Crippen molar-refractivity contribution in [1.82, 2.24) is 0 Å². The summed E-state index contributed by atoms with van der Waals surface area (Å²) in [6, 6.07) is 13.2. The first-order valence-electron chi connectivity index (χ1n) is 9.31. The number of nitrogens with one attached hydrogen (secondary N) is 2. The highest BCUT2D eigenvalue weighted by Gasteiger charge is 2.08. The van der Waals surface area contributed by atoms with E-state index in [0.717, 1.165) is 11.0 Å². The molecule has 0 atom stereocenters. The molecule has 2 amide bonds. The minimum absolute atomic E-state index is 0.0637. The van der Waals surface area contributed by atoms with Gasteiger partial charge >= 0.3 is 11.9 Å². The Morgan fingerprint density at radius 2 is 1.55 bits per heavy atom. The highest BCUT2D eigenvalue weighted by molar-refractivity contribution is 8.00. The topological polar surface area (TPSA) is 122 Å². The molecule has 0 saturated heterocycles. The summed E-state index contributed by atoms with van der Waals surface area (Å²) in [6.07, 6.45) is 1.01. The Morgan fingerprint density at radius 3 is 2.13 bits per heavy atom. The van der Waals surface area contributed by atoms with E-state index in [-0.39, 0.29) is 17.2 Å². The van der Waals surface area contributed by atoms with Crippen molar-refractivity contribution in [1.29, 1.82) is 0 Å². The van der Waals surface area contributed by atoms with Crippen LogP contribution in [0.2, 0.25) is 0 Å². The second-order valence-electron chi connectivity index (χ2n) is 6.28. The molecule has 9 heteroatoms. The second-order valence-corrected chi connectivity index (χ2v) is 7.33. The summed E-state index contributed by atoms with van der Waals surface area (Å²) in [5.74, 6) is -2.14. The van der Waals surface area contributed by atoms with Crippen LogP contribution >= 0.6 is 11.8 Å². The highest BCUT2D eigenvalue weighted by atomic mass is 32.2. The Hall–Kier alpha value is -3.59. The lowest BCUT2D eigenvalue weighted by Crippen LogP contribution is -2.14. The number of benzene rings is 2. The van der Waals surface area contributed by atoms with Gasteiger partial charge in [0.25, 0.3) is 0 Å². The third kappa shape index (κ3) is 7.98. The molecular weight excluding hydrogens is 420 g/mol. The molecule has 0 aromatic heterocycles. The van der Waals surface area contributed by atoms with Gasteiger partial charge in [-0.3, -0.25) is 9.59 Å². The van der Waals surface area contributed by atoms with Crippen LogP contribution in [-0.2, 0) is 19.1 Å². The van der Waals surface area contributed by atoms with Gasteiger partial charge in [-0.1, -0.05) is 0 Å². The van der Waals surface area contributed by atoms with Gasteiger partial charge in [0, 0.05) is 27.9 Å². The quantitative estimate of drug-likeness (QED) is 0.308. The fourth-order valence-electron chi connectivity index (χ4n) is 2.32. The number of aliphatic carboxylic acids is 1. The molecule has 162 valence electrons. The van der Waals surface area contributed by atoms with E-state index in [1.807, 2.05) is 0 Å². The molecule has 0 heterocycles. The fraction of sp³-hybridized carbons (Fsp3) is 0.182. The number of carbonyl (C=O) groups excluding carboxylic acids is 3. The van der Waals surface area contributed by atoms with Crippen molar-refractivity contribution in [2.75, 3.05) is 23.0 Å². The first-order chi connectivity index (χ1) is 14.8. The van der Waals surface area contributed by atoms with Gasteiger partial charge < -0.3 is 20.5 Å². The summed E-state index contributed by atoms with van der Waals surface area (Å²) in [6.45, 7) is 3.36. The molecule has 2 aromatic rings. The number of esters is 1. The molecule has 0 fully saturated rings. The smallest absolute Gasteiger partial charge is 0.338 e. The summed E-state index contributed by atoms with van der Waals surface area (Å²) >= 11 is 1.32. The zero-order valence-corrected chi connectivity index (χ0v) is 17.8. The van der Waals surface area contributed by atoms with E-state index in [9.17, 15) is 19.2 Å². The lowest BCUT2D eigenvalue weighted by molar-refractivity contribution is -0.132. The van der Waals surface area contributed by atoms with E-state index < -0.39 is 17.8 Å². The number of carboxylic acids is 1. The van der Waals surface area contributed by atoms with Crippen LogP contribution in [0.1, 0.15) is 24.2 Å². The van der Waals surface area contributed by atoms with Crippen molar-refractivity contribution in [2.45, 2.75) is 18.7 Å². The number of thioether (sulfide) groups is 1. The van der Waals surface area contributed by atoms with Crippen LogP contribution in [-0.4, -0.2) is 41.2 Å². The first-order valence-corrected chi connectivity index (χ1v) is 10.3. The average Bonchev–Trinajstić information content (AvgIpc) is 2.73. The number of carbonyl (C=O) groups is 4. The number of hydrogen-bond donors (Lipinski definition) is 3. The van der Waals surface area contributed by atoms with E-state index in [2.05, 4.69) is 10.6 Å². The molecule has 31 heavy (non-hydrogen) atoms. The fourth-order valence-corrected chi connectivity index (χ4v) is 3.02. The molecular formula is C22H22N2O6S. The number of hydrogen-bond acceptors (Lipinski definition) is 6. The second kappa shape index (κ2) is 11.6. The summed E-state index contributed by atoms with van der Waals surface area (Å²) < 4.78 is 4.91. The lowest BCUT2D eigenvalue weighted by Gasteiger charge is -2.07. The molecule has 0 aliphatic heterocycles. The standard InChI is InChI=1S/C22H22N2O6S/c1-3-30-22(29)15-4-6-16(7-5-15)24-20(26)13-31-18-10-8-17(9-11-18)23-19(25)12-14(2)21(27)28/h4-12H,3,13H2,1-2H3,(H,23,25)(H,24,26)(H,27,28)/b14-12-. The molecule has 2 aromatic carbocycles. The van der Waals surface area contributed by atoms with Crippen LogP contribution in [0.5, 0.6) is 0 Å². The molecule has 0 aliphatic carbocycles. The van der Waals surface area contributed by atoms with Crippen LogP contribution in [0.25, 0.3) is 0 Å². The maximum absolute atomic E-state index is 12.1. The zero-order valence-electron chi connectivity index (χ0n) is 17.0. The Morgan fingerprint density at radius 1 is 0.968 bits per heavy atom. The summed E-state index contributed by atoms with van der Waals surface area (Å²) in [5.41, 5.74) is 1.43. The van der Waals surface area contributed by atoms with Gasteiger partial charge in [-0.05, 0) is 62.4 Å². The van der Waals surface area contributed by atoms with E-state index >= 15 is 0 Å². The van der Waals surface area contributed by atoms with E-state index in [1.165, 1.54) is 18.7 Å². The maximum Gasteiger partial charge on any atom is 0.338 e. The van der Waals surface area contributed by atoms with Crippen molar-refractivity contribution in [2.24, 2.45) is 0 Å². The lowest BCUT2D eigenvalue weighted by atomic mass is 10.2. The van der Waals surface area contributed by atoms with Crippen LogP contribution in [0.4, 0.5) is 11.4 Å². The Bertz CT molecular complexity index is 984. The third-order valence-electron chi connectivity index (χ3n) is 3.86. The molecule has 2 rings (SSSR count). The number of ether oxygens (including phenoxy) is 1. The number of rotatable bonds is 9. The van der Waals surface area contributed by atoms with Crippen LogP contribution in [0, 0.1) is 0 Å². The average molecular weight is 442 g/mol. The third-order valence-corrected chi connectivity index (χ3v) is 4.87. The van der Waals surface area contributed by atoms with Crippen LogP contribution < -0.4 is 10.6 Å². The van der Waals surface area contributed by atoms with Crippen molar-refractivity contribution in [3.05, 3.63) is 65.7 Å². The van der Waals surface area contributed by atoms with Gasteiger partial charge in [-0.15, -0.1) is 11.8 Å². The van der Waals surface area contributed by atoms with E-state index in [0.29, 0.717) is 23.5 Å². The molecule has 0 radical (unpaired) electrons. The number of anilines is 2. The van der Waals surface area contributed by atoms with Gasteiger partial charge in [-0.2, -0.15) is 0 Å². The predicted octanol–water partition coefficient (Wildman–Crippen LogP) is 3.56. The van der Waals surface area contributed by atoms with Gasteiger partial charge in [0.2, 0.25) is 11.8 Å². The van der Waals surface area contributed by atoms with Crippen LogP contribution in [0.3, 0.4) is 0 Å². The normalized spacial score (nSPS) is 10.8. The zero-order chi connectivity index (χ0) is 22.8. The van der Waals surface area contributed by atoms with E-state index in [4.69, 9.17) is 9.84 Å². The Labute approximate surface area is 183 Å². The van der Waals surface area contributed by atoms with Crippen molar-refractivity contribution < 1.29 is 29.0 Å². The minimum Gasteiger partial charge on any atom is -0.478 e. The van der Waals surface area contributed by atoms with Gasteiger partial charge in [0.05, 0.1) is 17.9 Å². The molecule has 0 saturated carbocycles. The molecule has 8 nitrogen and oxygen atoms in total. The summed E-state index contributed by atoms with van der Waals surface area (Å²) in [5, 5.41) is 14.1. The number of carboxylic acid groups (broad SMARTS) is 1. The van der Waals surface area contributed by atoms with Crippen molar-refractivity contribution in [3.63, 3.8) is 0 Å². The summed E-state index contributed by atoms with van der Waals surface area (Å²) in [4.78, 5) is 47.1. The minimum atomic E-state index is -1.16. The largest absolute Gasteiger partial charge is 0.478 e. The first kappa shape index (κ1) is 23.7.